The number of carboxylic acids is 1. The molecular weight excluding hydrogens is 276 g/mol. The summed E-state index contributed by atoms with van der Waals surface area (Å²) in [5.41, 5.74) is 1.61. The predicted octanol–water partition coefficient (Wildman–Crippen LogP) is 1.36. The van der Waals surface area contributed by atoms with Crippen molar-refractivity contribution in [3.8, 4) is 6.07 Å². The Balaban J connectivity index is 2.14. The summed E-state index contributed by atoms with van der Waals surface area (Å²) < 4.78 is 0. The minimum Gasteiger partial charge on any atom is -0.550 e. The molecule has 0 radical (unpaired) electrons. The minimum atomic E-state index is -1.25. The number of aliphatic carboxylic acids is 1. The Morgan fingerprint density at radius 3 is 2.70 bits per heavy atom. The maximum Gasteiger partial charge on any atom is 0.225 e. The molecule has 20 heavy (non-hydrogen) atoms. The van der Waals surface area contributed by atoms with Crippen molar-refractivity contribution < 1.29 is 14.7 Å². The maximum absolute atomic E-state index is 11.7. The second-order valence-electron chi connectivity index (χ2n) is 4.80. The SMILES string of the molecule is N#Cc1c(NC(=O)CCC(=O)[O-])sc2c1CCCCC2. The van der Waals surface area contributed by atoms with Crippen LogP contribution < -0.4 is 10.4 Å². The van der Waals surface area contributed by atoms with E-state index in [0.29, 0.717) is 10.6 Å². The summed E-state index contributed by atoms with van der Waals surface area (Å²) >= 11 is 1.44. The number of aryl methyl sites for hydroxylation is 1. The lowest BCUT2D eigenvalue weighted by Gasteiger charge is -2.04. The number of anilines is 1. The number of hydrogen-bond acceptors (Lipinski definition) is 5. The highest BCUT2D eigenvalue weighted by Gasteiger charge is 2.20. The number of amides is 1. The molecule has 0 bridgehead atoms. The fourth-order valence-electron chi connectivity index (χ4n) is 2.35. The number of carbonyl (C=O) groups is 2. The molecule has 0 aromatic carbocycles. The highest BCUT2D eigenvalue weighted by atomic mass is 32.1. The number of carbonyl (C=O) groups excluding carboxylic acids is 2. The van der Waals surface area contributed by atoms with Gasteiger partial charge in [0.2, 0.25) is 5.91 Å². The van der Waals surface area contributed by atoms with Gasteiger partial charge in [-0.05, 0) is 37.7 Å². The van der Waals surface area contributed by atoms with E-state index in [4.69, 9.17) is 0 Å². The Morgan fingerprint density at radius 1 is 1.25 bits per heavy atom. The second-order valence-corrected chi connectivity index (χ2v) is 5.91. The fraction of sp³-hybridized carbons (Fsp3) is 0.500. The molecule has 0 aliphatic heterocycles. The zero-order valence-corrected chi connectivity index (χ0v) is 11.8. The zero-order chi connectivity index (χ0) is 14.5. The molecule has 6 heteroatoms. The number of fused-ring (bicyclic) bond motifs is 1. The van der Waals surface area contributed by atoms with E-state index in [-0.39, 0.29) is 18.7 Å². The van der Waals surface area contributed by atoms with Crippen LogP contribution in [-0.4, -0.2) is 11.9 Å². The Morgan fingerprint density at radius 2 is 2.00 bits per heavy atom. The zero-order valence-electron chi connectivity index (χ0n) is 11.0. The van der Waals surface area contributed by atoms with Crippen LogP contribution in [0, 0.1) is 11.3 Å². The van der Waals surface area contributed by atoms with Gasteiger partial charge in [0.05, 0.1) is 5.56 Å². The molecule has 1 amide bonds. The van der Waals surface area contributed by atoms with E-state index in [2.05, 4.69) is 11.4 Å². The summed E-state index contributed by atoms with van der Waals surface area (Å²) in [5.74, 6) is -1.63. The van der Waals surface area contributed by atoms with E-state index in [1.165, 1.54) is 22.6 Å². The lowest BCUT2D eigenvalue weighted by Crippen LogP contribution is -2.24. The van der Waals surface area contributed by atoms with Crippen molar-refractivity contribution in [3.05, 3.63) is 16.0 Å². The molecule has 2 rings (SSSR count). The van der Waals surface area contributed by atoms with Crippen molar-refractivity contribution >= 4 is 28.2 Å². The Kier molecular flexibility index (Phi) is 4.74. The minimum absolute atomic E-state index is 0.129. The molecule has 0 saturated heterocycles. The lowest BCUT2D eigenvalue weighted by atomic mass is 10.1. The molecule has 0 saturated carbocycles. The fourth-order valence-corrected chi connectivity index (χ4v) is 3.61. The summed E-state index contributed by atoms with van der Waals surface area (Å²) in [6, 6.07) is 2.17. The number of nitrogens with zero attached hydrogens (tertiary/aromatic N) is 1. The van der Waals surface area contributed by atoms with E-state index < -0.39 is 5.97 Å². The normalized spacial score (nSPS) is 13.9. The summed E-state index contributed by atoms with van der Waals surface area (Å²) in [7, 11) is 0. The van der Waals surface area contributed by atoms with Gasteiger partial charge in [-0.25, -0.2) is 0 Å². The molecule has 1 aromatic heterocycles. The van der Waals surface area contributed by atoms with Gasteiger partial charge in [0.15, 0.2) is 0 Å². The van der Waals surface area contributed by atoms with Crippen LogP contribution in [-0.2, 0) is 22.4 Å². The Bertz CT molecular complexity index is 572. The third-order valence-electron chi connectivity index (χ3n) is 3.34. The van der Waals surface area contributed by atoms with Gasteiger partial charge in [0.1, 0.15) is 11.1 Å². The summed E-state index contributed by atoms with van der Waals surface area (Å²) in [4.78, 5) is 23.2. The van der Waals surface area contributed by atoms with E-state index in [9.17, 15) is 20.0 Å². The molecule has 1 aliphatic rings. The standard InChI is InChI=1S/C14H16N2O3S/c15-8-10-9-4-2-1-3-5-11(9)20-14(10)16-12(17)6-7-13(18)19/h1-7H2,(H,16,17)(H,18,19)/p-1. The molecule has 5 nitrogen and oxygen atoms in total. The smallest absolute Gasteiger partial charge is 0.225 e. The topological polar surface area (TPSA) is 93.0 Å². The van der Waals surface area contributed by atoms with Crippen LogP contribution in [0.5, 0.6) is 0 Å². The first-order chi connectivity index (χ1) is 9.61. The van der Waals surface area contributed by atoms with Crippen molar-refractivity contribution in [1.82, 2.24) is 0 Å². The van der Waals surface area contributed by atoms with Crippen molar-refractivity contribution in [2.24, 2.45) is 0 Å². The number of nitrogens with one attached hydrogen (secondary N) is 1. The van der Waals surface area contributed by atoms with Gasteiger partial charge >= 0.3 is 0 Å². The number of nitriles is 1. The quantitative estimate of drug-likeness (QED) is 0.847. The van der Waals surface area contributed by atoms with Crippen LogP contribution in [0.1, 0.15) is 48.1 Å². The average molecular weight is 291 g/mol. The van der Waals surface area contributed by atoms with Crippen LogP contribution in [0.25, 0.3) is 0 Å². The molecule has 0 unspecified atom stereocenters. The van der Waals surface area contributed by atoms with E-state index in [1.807, 2.05) is 0 Å². The van der Waals surface area contributed by atoms with Gasteiger partial charge in [-0.2, -0.15) is 5.26 Å². The summed E-state index contributed by atoms with van der Waals surface area (Å²) in [6.45, 7) is 0. The van der Waals surface area contributed by atoms with Crippen LogP contribution in [0.2, 0.25) is 0 Å². The molecule has 106 valence electrons. The summed E-state index contributed by atoms with van der Waals surface area (Å²) in [6.07, 6.45) is 4.73. The van der Waals surface area contributed by atoms with Gasteiger partial charge in [-0.15, -0.1) is 11.3 Å². The second kappa shape index (κ2) is 6.53. The lowest BCUT2D eigenvalue weighted by molar-refractivity contribution is -0.305. The average Bonchev–Trinajstić information content (AvgIpc) is 2.58. The van der Waals surface area contributed by atoms with Gasteiger partial charge in [0.25, 0.3) is 0 Å². The van der Waals surface area contributed by atoms with Crippen LogP contribution in [0.15, 0.2) is 0 Å². The highest BCUT2D eigenvalue weighted by molar-refractivity contribution is 7.16. The Hall–Kier alpha value is -1.87. The Labute approximate surface area is 121 Å². The first-order valence-electron chi connectivity index (χ1n) is 6.66. The van der Waals surface area contributed by atoms with Crippen LogP contribution in [0.4, 0.5) is 5.00 Å². The maximum atomic E-state index is 11.7. The number of thiophene rings is 1. The molecule has 0 atom stereocenters. The number of hydrogen-bond donors (Lipinski definition) is 1. The first kappa shape index (κ1) is 14.5. The molecule has 1 aromatic rings. The van der Waals surface area contributed by atoms with Gasteiger partial charge in [0, 0.05) is 17.3 Å². The predicted molar refractivity (Wildman–Crippen MR) is 73.2 cm³/mol. The summed E-state index contributed by atoms with van der Waals surface area (Å²) in [5, 5.41) is 22.8. The van der Waals surface area contributed by atoms with E-state index in [1.54, 1.807) is 0 Å². The largest absolute Gasteiger partial charge is 0.550 e. The molecule has 1 aliphatic carbocycles. The number of rotatable bonds is 4. The highest BCUT2D eigenvalue weighted by Crippen LogP contribution is 2.36. The molecule has 0 spiro atoms. The van der Waals surface area contributed by atoms with Crippen LogP contribution in [0.3, 0.4) is 0 Å². The molecule has 1 N–H and O–H groups in total. The monoisotopic (exact) mass is 291 g/mol. The number of carboxylic acid groups (broad SMARTS) is 1. The first-order valence-corrected chi connectivity index (χ1v) is 7.47. The van der Waals surface area contributed by atoms with Crippen molar-refractivity contribution in [2.45, 2.75) is 44.9 Å². The molecule has 0 fully saturated rings. The van der Waals surface area contributed by atoms with Gasteiger partial charge < -0.3 is 15.2 Å². The van der Waals surface area contributed by atoms with Crippen molar-refractivity contribution in [3.63, 3.8) is 0 Å². The van der Waals surface area contributed by atoms with E-state index >= 15 is 0 Å². The third-order valence-corrected chi connectivity index (χ3v) is 4.55. The third kappa shape index (κ3) is 3.36. The van der Waals surface area contributed by atoms with Crippen LogP contribution >= 0.6 is 11.3 Å². The van der Waals surface area contributed by atoms with Crippen molar-refractivity contribution in [2.75, 3.05) is 5.32 Å². The van der Waals surface area contributed by atoms with Gasteiger partial charge in [-0.3, -0.25) is 4.79 Å². The van der Waals surface area contributed by atoms with E-state index in [0.717, 1.165) is 31.2 Å². The molecular formula is C14H15N2O3S-. The van der Waals surface area contributed by atoms with Crippen molar-refractivity contribution in [1.29, 1.82) is 5.26 Å². The molecule has 1 heterocycles. The van der Waals surface area contributed by atoms with Gasteiger partial charge in [-0.1, -0.05) is 6.42 Å².